The molecule has 45 heavy (non-hydrogen) atoms. The number of hydrogen-bond donors (Lipinski definition) is 1. The molecule has 1 heterocycles. The van der Waals surface area contributed by atoms with Gasteiger partial charge in [0.15, 0.2) is 0 Å². The number of sulfonamides is 1. The van der Waals surface area contributed by atoms with Crippen LogP contribution in [0.3, 0.4) is 0 Å². The van der Waals surface area contributed by atoms with Gasteiger partial charge in [-0.3, -0.25) is 14.4 Å². The molecule has 228 valence electrons. The van der Waals surface area contributed by atoms with Gasteiger partial charge in [0.05, 0.1) is 23.3 Å². The predicted molar refractivity (Wildman–Crippen MR) is 180 cm³/mol. The lowest BCUT2D eigenvalue weighted by Gasteiger charge is -2.46. The maximum absolute atomic E-state index is 14.6. The van der Waals surface area contributed by atoms with Crippen molar-refractivity contribution in [2.75, 3.05) is 21.6 Å². The minimum Gasteiger partial charge on any atom is -0.497 e. The van der Waals surface area contributed by atoms with Gasteiger partial charge in [0.25, 0.3) is 15.9 Å². The van der Waals surface area contributed by atoms with Crippen LogP contribution in [0.15, 0.2) is 120 Å². The largest absolute Gasteiger partial charge is 0.497 e. The van der Waals surface area contributed by atoms with E-state index in [2.05, 4.69) is 4.72 Å². The zero-order valence-electron chi connectivity index (χ0n) is 24.4. The van der Waals surface area contributed by atoms with E-state index in [-0.39, 0.29) is 10.5 Å². The fraction of sp³-hybridized carbons (Fsp3) is 0.114. The summed E-state index contributed by atoms with van der Waals surface area (Å²) in [5.41, 5.74) is 4.25. The molecule has 1 amide bonds. The van der Waals surface area contributed by atoms with Gasteiger partial charge in [0.2, 0.25) is 0 Å². The number of rotatable bonds is 8. The number of fused-ring (bicyclic) bond motifs is 1. The summed E-state index contributed by atoms with van der Waals surface area (Å²) in [6.07, 6.45) is -0.770. The average molecular weight is 659 g/mol. The van der Waals surface area contributed by atoms with Gasteiger partial charge in [-0.15, -0.1) is 0 Å². The molecule has 0 spiro atoms. The molecule has 0 radical (unpaired) electrons. The van der Waals surface area contributed by atoms with Gasteiger partial charge < -0.3 is 9.64 Å². The summed E-state index contributed by atoms with van der Waals surface area (Å²) in [5.74, 6) is 0.209. The van der Waals surface area contributed by atoms with Crippen molar-refractivity contribution in [2.24, 2.45) is 0 Å². The number of halogens is 2. The number of benzene rings is 5. The minimum atomic E-state index is -4.03. The molecule has 6 rings (SSSR count). The fourth-order valence-electron chi connectivity index (χ4n) is 5.45. The molecular weight excluding hydrogens is 629 g/mol. The lowest BCUT2D eigenvalue weighted by molar-refractivity contribution is 0.0968. The Balaban J connectivity index is 1.55. The molecule has 1 atom stereocenters. The van der Waals surface area contributed by atoms with Gasteiger partial charge in [-0.2, -0.15) is 0 Å². The fourth-order valence-corrected chi connectivity index (χ4v) is 7.12. The highest BCUT2D eigenvalue weighted by Gasteiger charge is 2.42. The van der Waals surface area contributed by atoms with E-state index in [4.69, 9.17) is 27.9 Å². The Morgan fingerprint density at radius 1 is 0.822 bits per heavy atom. The van der Waals surface area contributed by atoms with E-state index < -0.39 is 22.1 Å². The zero-order valence-corrected chi connectivity index (χ0v) is 26.8. The van der Waals surface area contributed by atoms with Gasteiger partial charge in [-0.25, -0.2) is 8.42 Å². The Hall–Kier alpha value is -4.50. The van der Waals surface area contributed by atoms with Crippen LogP contribution in [0.2, 0.25) is 10.0 Å². The second-order valence-electron chi connectivity index (χ2n) is 10.6. The summed E-state index contributed by atoms with van der Waals surface area (Å²) in [7, 11) is -2.46. The molecule has 7 nitrogen and oxygen atoms in total. The Labute approximate surface area is 272 Å². The number of amides is 1. The molecule has 0 saturated heterocycles. The topological polar surface area (TPSA) is 78.9 Å². The second-order valence-corrected chi connectivity index (χ2v) is 13.1. The highest BCUT2D eigenvalue weighted by atomic mass is 35.5. The Kier molecular flexibility index (Phi) is 8.46. The Morgan fingerprint density at radius 2 is 1.49 bits per heavy atom. The Bertz CT molecular complexity index is 1950. The standard InChI is InChI=1S/C35H29Cl2N3O4S/c1-23-11-13-25(14-12-23)38-45(42,43)28-19-20-32-29(21-28)35(41)40(26-15-17-27(44-2)18-16-26)34(33-30(36)9-6-10-31(33)37)39(32)22-24-7-4-3-5-8-24/h3-21,34,38H,22H2,1-2H3/t34-/m0/s1. The van der Waals surface area contributed by atoms with E-state index in [9.17, 15) is 13.2 Å². The molecule has 0 fully saturated rings. The van der Waals surface area contributed by atoms with Crippen LogP contribution in [0.4, 0.5) is 17.1 Å². The van der Waals surface area contributed by atoms with Crippen LogP contribution in [-0.2, 0) is 16.6 Å². The maximum Gasteiger partial charge on any atom is 0.262 e. The lowest BCUT2D eigenvalue weighted by atomic mass is 9.99. The van der Waals surface area contributed by atoms with Crippen molar-refractivity contribution in [3.63, 3.8) is 0 Å². The number of carbonyl (C=O) groups is 1. The summed E-state index contributed by atoms with van der Waals surface area (Å²) >= 11 is 13.6. The number of ether oxygens (including phenoxy) is 1. The first-order valence-corrected chi connectivity index (χ1v) is 16.4. The third-order valence-corrected chi connectivity index (χ3v) is 9.72. The molecule has 0 unspecified atom stereocenters. The van der Waals surface area contributed by atoms with Gasteiger partial charge in [0, 0.05) is 33.5 Å². The first-order valence-electron chi connectivity index (χ1n) is 14.1. The third kappa shape index (κ3) is 6.09. The second kappa shape index (κ2) is 12.5. The van der Waals surface area contributed by atoms with E-state index in [1.807, 2.05) is 54.3 Å². The van der Waals surface area contributed by atoms with Crippen LogP contribution in [0.25, 0.3) is 0 Å². The minimum absolute atomic E-state index is 0.0428. The molecule has 0 aromatic heterocycles. The quantitative estimate of drug-likeness (QED) is 0.181. The van der Waals surface area contributed by atoms with E-state index in [1.54, 1.807) is 72.7 Å². The molecule has 1 aliphatic rings. The Morgan fingerprint density at radius 3 is 2.13 bits per heavy atom. The molecule has 5 aromatic carbocycles. The van der Waals surface area contributed by atoms with E-state index >= 15 is 0 Å². The maximum atomic E-state index is 14.6. The van der Waals surface area contributed by atoms with Gasteiger partial charge >= 0.3 is 0 Å². The summed E-state index contributed by atoms with van der Waals surface area (Å²) in [4.78, 5) is 18.2. The van der Waals surface area contributed by atoms with Gasteiger partial charge in [-0.05, 0) is 79.2 Å². The zero-order chi connectivity index (χ0) is 31.7. The number of methoxy groups -OCH3 is 1. The highest BCUT2D eigenvalue weighted by Crippen LogP contribution is 2.46. The van der Waals surface area contributed by atoms with Crippen molar-refractivity contribution >= 4 is 56.2 Å². The van der Waals surface area contributed by atoms with Crippen molar-refractivity contribution in [2.45, 2.75) is 24.5 Å². The number of nitrogens with zero attached hydrogens (tertiary/aromatic N) is 2. The summed E-state index contributed by atoms with van der Waals surface area (Å²) in [5, 5.41) is 0.781. The summed E-state index contributed by atoms with van der Waals surface area (Å²) in [6.45, 7) is 2.29. The number of hydrogen-bond acceptors (Lipinski definition) is 5. The van der Waals surface area contributed by atoms with Crippen LogP contribution in [0, 0.1) is 6.92 Å². The number of carbonyl (C=O) groups excluding carboxylic acids is 1. The summed E-state index contributed by atoms with van der Waals surface area (Å²) in [6, 6.07) is 33.7. The van der Waals surface area contributed by atoms with Gasteiger partial charge in [0.1, 0.15) is 11.9 Å². The van der Waals surface area contributed by atoms with Crippen LogP contribution >= 0.6 is 23.2 Å². The van der Waals surface area contributed by atoms with Crippen molar-refractivity contribution in [3.05, 3.63) is 148 Å². The van der Waals surface area contributed by atoms with Crippen LogP contribution in [0.5, 0.6) is 5.75 Å². The molecule has 10 heteroatoms. The van der Waals surface area contributed by atoms with Crippen molar-refractivity contribution in [1.29, 1.82) is 0 Å². The van der Waals surface area contributed by atoms with Crippen molar-refractivity contribution in [3.8, 4) is 5.75 Å². The average Bonchev–Trinajstić information content (AvgIpc) is 3.04. The monoisotopic (exact) mass is 657 g/mol. The number of aryl methyl sites for hydroxylation is 1. The smallest absolute Gasteiger partial charge is 0.262 e. The lowest BCUT2D eigenvalue weighted by Crippen LogP contribution is -2.49. The molecule has 0 saturated carbocycles. The molecule has 1 N–H and O–H groups in total. The van der Waals surface area contributed by atoms with E-state index in [1.165, 1.54) is 12.1 Å². The first-order chi connectivity index (χ1) is 21.7. The first kappa shape index (κ1) is 30.5. The summed E-state index contributed by atoms with van der Waals surface area (Å²) < 4.78 is 35.1. The molecule has 0 bridgehead atoms. The molecule has 1 aliphatic heterocycles. The van der Waals surface area contributed by atoms with E-state index in [0.717, 1.165) is 11.1 Å². The van der Waals surface area contributed by atoms with Gasteiger partial charge in [-0.1, -0.05) is 77.3 Å². The molecular formula is C35H29Cl2N3O4S. The number of anilines is 3. The van der Waals surface area contributed by atoms with Crippen LogP contribution in [0.1, 0.15) is 33.2 Å². The number of nitrogens with one attached hydrogen (secondary N) is 1. The predicted octanol–water partition coefficient (Wildman–Crippen LogP) is 8.48. The van der Waals surface area contributed by atoms with Crippen LogP contribution < -0.4 is 19.3 Å². The molecule has 5 aromatic rings. The third-order valence-electron chi connectivity index (χ3n) is 7.68. The SMILES string of the molecule is COc1ccc(N2C(=O)c3cc(S(=O)(=O)Nc4ccc(C)cc4)ccc3N(Cc3ccccc3)[C@@H]2c2c(Cl)cccc2Cl)cc1. The molecule has 0 aliphatic carbocycles. The normalized spacial score (nSPS) is 14.7. The van der Waals surface area contributed by atoms with Crippen molar-refractivity contribution < 1.29 is 17.9 Å². The highest BCUT2D eigenvalue weighted by molar-refractivity contribution is 7.92. The van der Waals surface area contributed by atoms with E-state index in [0.29, 0.717) is 45.0 Å². The van der Waals surface area contributed by atoms with Crippen LogP contribution in [-0.4, -0.2) is 21.4 Å². The van der Waals surface area contributed by atoms with Crippen molar-refractivity contribution in [1.82, 2.24) is 0 Å².